The Morgan fingerprint density at radius 3 is 2.73 bits per heavy atom. The van der Waals surface area contributed by atoms with Gasteiger partial charge in [-0.2, -0.15) is 9.82 Å². The van der Waals surface area contributed by atoms with E-state index in [4.69, 9.17) is 4.42 Å². The molecular formula is C13H18N4O4S. The van der Waals surface area contributed by atoms with Crippen molar-refractivity contribution in [3.05, 3.63) is 35.5 Å². The Hall–Kier alpha value is -2.13. The number of carbonyl (C=O) groups excluding carboxylic acids is 1. The number of furan rings is 1. The third-order valence-corrected chi connectivity index (χ3v) is 4.87. The first-order valence-corrected chi connectivity index (χ1v) is 8.13. The molecule has 0 unspecified atom stereocenters. The van der Waals surface area contributed by atoms with Crippen molar-refractivity contribution >= 4 is 15.9 Å². The number of rotatable bonds is 6. The first kappa shape index (κ1) is 16.2. The topological polar surface area (TPSA) is 117 Å². The van der Waals surface area contributed by atoms with Gasteiger partial charge in [0, 0.05) is 0 Å². The van der Waals surface area contributed by atoms with Gasteiger partial charge in [0.2, 0.25) is 15.9 Å². The Morgan fingerprint density at radius 2 is 2.18 bits per heavy atom. The van der Waals surface area contributed by atoms with E-state index in [2.05, 4.69) is 20.2 Å². The molecule has 0 aliphatic rings. The van der Waals surface area contributed by atoms with E-state index < -0.39 is 22.0 Å². The van der Waals surface area contributed by atoms with Crippen LogP contribution in [-0.2, 0) is 21.4 Å². The van der Waals surface area contributed by atoms with E-state index >= 15 is 0 Å². The Labute approximate surface area is 128 Å². The molecule has 120 valence electrons. The number of aromatic amines is 1. The van der Waals surface area contributed by atoms with Gasteiger partial charge in [-0.3, -0.25) is 9.89 Å². The molecule has 3 N–H and O–H groups in total. The molecule has 0 aliphatic heterocycles. The van der Waals surface area contributed by atoms with E-state index in [1.807, 2.05) is 0 Å². The Kier molecular flexibility index (Phi) is 4.67. The molecule has 1 atom stereocenters. The second-order valence-electron chi connectivity index (χ2n) is 4.90. The van der Waals surface area contributed by atoms with Gasteiger partial charge in [-0.1, -0.05) is 0 Å². The van der Waals surface area contributed by atoms with Gasteiger partial charge < -0.3 is 9.73 Å². The molecule has 2 aromatic rings. The summed E-state index contributed by atoms with van der Waals surface area (Å²) in [6.07, 6.45) is 1.50. The van der Waals surface area contributed by atoms with E-state index in [9.17, 15) is 13.2 Å². The average molecular weight is 326 g/mol. The second-order valence-corrected chi connectivity index (χ2v) is 6.55. The smallest absolute Gasteiger partial charge is 0.244 e. The van der Waals surface area contributed by atoms with Crippen LogP contribution in [0.2, 0.25) is 0 Å². The first-order valence-electron chi connectivity index (χ1n) is 6.65. The molecule has 22 heavy (non-hydrogen) atoms. The molecule has 9 heteroatoms. The predicted octanol–water partition coefficient (Wildman–Crippen LogP) is 0.603. The summed E-state index contributed by atoms with van der Waals surface area (Å²) in [5.74, 6) is 0.142. The molecule has 0 saturated heterocycles. The zero-order valence-electron chi connectivity index (χ0n) is 12.5. The number of nitrogens with zero attached hydrogens (tertiary/aromatic N) is 1. The summed E-state index contributed by atoms with van der Waals surface area (Å²) in [7, 11) is -3.82. The molecular weight excluding hydrogens is 308 g/mol. The second kappa shape index (κ2) is 6.32. The van der Waals surface area contributed by atoms with Gasteiger partial charge in [0.1, 0.15) is 10.7 Å². The zero-order valence-corrected chi connectivity index (χ0v) is 13.3. The predicted molar refractivity (Wildman–Crippen MR) is 78.4 cm³/mol. The Morgan fingerprint density at radius 1 is 1.45 bits per heavy atom. The number of amides is 1. The lowest BCUT2D eigenvalue weighted by Gasteiger charge is -2.14. The monoisotopic (exact) mass is 326 g/mol. The summed E-state index contributed by atoms with van der Waals surface area (Å²) in [6, 6.07) is 2.50. The van der Waals surface area contributed by atoms with Crippen molar-refractivity contribution in [1.82, 2.24) is 20.2 Å². The lowest BCUT2D eigenvalue weighted by atomic mass is 10.3. The molecule has 0 fully saturated rings. The number of aryl methyl sites for hydroxylation is 2. The standard InChI is InChI=1S/C13H18N4O4S/c1-8-12(9(2)16-15-8)22(19,20)17-10(3)13(18)14-7-11-5-4-6-21-11/h4-6,10,17H,7H2,1-3H3,(H,14,18)(H,15,16)/t10-/m0/s1. The minimum Gasteiger partial charge on any atom is -0.467 e. The van der Waals surface area contributed by atoms with Crippen LogP contribution in [0.5, 0.6) is 0 Å². The molecule has 0 saturated carbocycles. The van der Waals surface area contributed by atoms with Gasteiger partial charge in [0.15, 0.2) is 0 Å². The van der Waals surface area contributed by atoms with Crippen molar-refractivity contribution in [1.29, 1.82) is 0 Å². The van der Waals surface area contributed by atoms with Gasteiger partial charge in [-0.05, 0) is 32.9 Å². The van der Waals surface area contributed by atoms with Crippen molar-refractivity contribution < 1.29 is 17.6 Å². The van der Waals surface area contributed by atoms with Crippen LogP contribution in [0, 0.1) is 13.8 Å². The fourth-order valence-corrected chi connectivity index (χ4v) is 3.60. The van der Waals surface area contributed by atoms with Crippen molar-refractivity contribution in [2.75, 3.05) is 0 Å². The third-order valence-electron chi connectivity index (χ3n) is 3.07. The highest BCUT2D eigenvalue weighted by Gasteiger charge is 2.26. The van der Waals surface area contributed by atoms with Crippen LogP contribution in [0.15, 0.2) is 27.7 Å². The van der Waals surface area contributed by atoms with Crippen molar-refractivity contribution in [2.24, 2.45) is 0 Å². The summed E-state index contributed by atoms with van der Waals surface area (Å²) in [4.78, 5) is 12.0. The minimum absolute atomic E-state index is 0.0678. The fourth-order valence-electron chi connectivity index (χ4n) is 2.02. The van der Waals surface area contributed by atoms with E-state index in [0.29, 0.717) is 17.1 Å². The molecule has 2 aromatic heterocycles. The van der Waals surface area contributed by atoms with Gasteiger partial charge in [0.05, 0.1) is 30.2 Å². The lowest BCUT2D eigenvalue weighted by Crippen LogP contribution is -2.44. The van der Waals surface area contributed by atoms with E-state index in [-0.39, 0.29) is 11.4 Å². The van der Waals surface area contributed by atoms with Gasteiger partial charge in [0.25, 0.3) is 0 Å². The number of H-pyrrole nitrogens is 1. The average Bonchev–Trinajstić information content (AvgIpc) is 3.05. The molecule has 8 nitrogen and oxygen atoms in total. The molecule has 0 spiro atoms. The summed E-state index contributed by atoms with van der Waals surface area (Å²) in [5.41, 5.74) is 0.779. The number of hydrogen-bond donors (Lipinski definition) is 3. The summed E-state index contributed by atoms with van der Waals surface area (Å²) in [6.45, 7) is 4.86. The molecule has 2 rings (SSSR count). The third kappa shape index (κ3) is 3.55. The van der Waals surface area contributed by atoms with E-state index in [1.165, 1.54) is 13.2 Å². The van der Waals surface area contributed by atoms with Gasteiger partial charge in [-0.25, -0.2) is 8.42 Å². The van der Waals surface area contributed by atoms with Crippen LogP contribution in [0.1, 0.15) is 24.1 Å². The highest BCUT2D eigenvalue weighted by atomic mass is 32.2. The lowest BCUT2D eigenvalue weighted by molar-refractivity contribution is -0.122. The number of carbonyl (C=O) groups is 1. The maximum Gasteiger partial charge on any atom is 0.244 e. The highest BCUT2D eigenvalue weighted by Crippen LogP contribution is 2.16. The summed E-state index contributed by atoms with van der Waals surface area (Å²) in [5, 5.41) is 9.05. The van der Waals surface area contributed by atoms with E-state index in [1.54, 1.807) is 26.0 Å². The molecule has 1 amide bonds. The van der Waals surface area contributed by atoms with Crippen molar-refractivity contribution in [3.8, 4) is 0 Å². The highest BCUT2D eigenvalue weighted by molar-refractivity contribution is 7.89. The van der Waals surface area contributed by atoms with Crippen LogP contribution in [-0.4, -0.2) is 30.6 Å². The minimum atomic E-state index is -3.82. The van der Waals surface area contributed by atoms with E-state index in [0.717, 1.165) is 0 Å². The first-order chi connectivity index (χ1) is 10.3. The van der Waals surface area contributed by atoms with Crippen LogP contribution < -0.4 is 10.0 Å². The molecule has 0 aromatic carbocycles. The van der Waals surface area contributed by atoms with Gasteiger partial charge in [-0.15, -0.1) is 0 Å². The SMILES string of the molecule is Cc1n[nH]c(C)c1S(=O)(=O)N[C@@H](C)C(=O)NCc1ccco1. The molecule has 0 aliphatic carbocycles. The zero-order chi connectivity index (χ0) is 16.3. The van der Waals surface area contributed by atoms with Crippen LogP contribution in [0.3, 0.4) is 0 Å². The quantitative estimate of drug-likeness (QED) is 0.719. The summed E-state index contributed by atoms with van der Waals surface area (Å²) < 4.78 is 32.1. The summed E-state index contributed by atoms with van der Waals surface area (Å²) >= 11 is 0. The molecule has 0 bridgehead atoms. The number of sulfonamides is 1. The largest absolute Gasteiger partial charge is 0.467 e. The van der Waals surface area contributed by atoms with Gasteiger partial charge >= 0.3 is 0 Å². The maximum absolute atomic E-state index is 12.3. The normalized spacial score (nSPS) is 13.0. The van der Waals surface area contributed by atoms with Crippen LogP contribution in [0.4, 0.5) is 0 Å². The molecule has 0 radical (unpaired) electrons. The van der Waals surface area contributed by atoms with Crippen molar-refractivity contribution in [3.63, 3.8) is 0 Å². The number of nitrogens with one attached hydrogen (secondary N) is 3. The fraction of sp³-hybridized carbons (Fsp3) is 0.385. The van der Waals surface area contributed by atoms with Crippen LogP contribution in [0.25, 0.3) is 0 Å². The molecule has 2 heterocycles. The Bertz CT molecular complexity index is 730. The number of aromatic nitrogens is 2. The van der Waals surface area contributed by atoms with Crippen LogP contribution >= 0.6 is 0 Å². The van der Waals surface area contributed by atoms with Crippen molar-refractivity contribution in [2.45, 2.75) is 38.3 Å². The number of hydrogen-bond acceptors (Lipinski definition) is 5. The Balaban J connectivity index is 2.01. The maximum atomic E-state index is 12.3.